The monoisotopic (exact) mass is 288 g/mol. The molecule has 0 aliphatic heterocycles. The van der Waals surface area contributed by atoms with Crippen LogP contribution in [0.4, 0.5) is 0 Å². The van der Waals surface area contributed by atoms with E-state index in [1.54, 1.807) is 0 Å². The van der Waals surface area contributed by atoms with Gasteiger partial charge in [-0.15, -0.1) is 0 Å². The highest BCUT2D eigenvalue weighted by molar-refractivity contribution is 5.25. The Balaban J connectivity index is 1.90. The van der Waals surface area contributed by atoms with Gasteiger partial charge in [0, 0.05) is 19.1 Å². The van der Waals surface area contributed by atoms with Gasteiger partial charge in [0.25, 0.3) is 0 Å². The maximum Gasteiger partial charge on any atom is 0.0446 e. The molecular weight excluding hydrogens is 256 g/mol. The molecule has 1 aromatic rings. The van der Waals surface area contributed by atoms with Crippen molar-refractivity contribution in [3.05, 3.63) is 35.4 Å². The molecule has 2 rings (SSSR count). The van der Waals surface area contributed by atoms with E-state index in [-0.39, 0.29) is 0 Å². The van der Waals surface area contributed by atoms with Gasteiger partial charge in [0.2, 0.25) is 0 Å². The first kappa shape index (κ1) is 16.5. The summed E-state index contributed by atoms with van der Waals surface area (Å²) in [7, 11) is 4.32. The lowest BCUT2D eigenvalue weighted by Gasteiger charge is -2.24. The van der Waals surface area contributed by atoms with Crippen LogP contribution in [0.5, 0.6) is 0 Å². The Kier molecular flexibility index (Phi) is 5.83. The lowest BCUT2D eigenvalue weighted by atomic mass is 9.99. The molecule has 1 N–H and O–H groups in total. The lowest BCUT2D eigenvalue weighted by Crippen LogP contribution is -2.32. The van der Waals surface area contributed by atoms with Gasteiger partial charge in [-0.2, -0.15) is 0 Å². The van der Waals surface area contributed by atoms with Crippen LogP contribution in [0, 0.1) is 17.8 Å². The van der Waals surface area contributed by atoms with E-state index in [1.807, 2.05) is 0 Å². The number of benzene rings is 1. The van der Waals surface area contributed by atoms with E-state index >= 15 is 0 Å². The molecule has 0 spiro atoms. The van der Waals surface area contributed by atoms with Crippen LogP contribution in [0.25, 0.3) is 0 Å². The molecule has 2 heteroatoms. The number of likely N-dealkylation sites (N-methyl/N-ethyl adjacent to an activating group) is 2. The van der Waals surface area contributed by atoms with Gasteiger partial charge >= 0.3 is 0 Å². The minimum Gasteiger partial charge on any atom is -0.312 e. The molecule has 1 saturated carbocycles. The van der Waals surface area contributed by atoms with E-state index in [1.165, 1.54) is 30.5 Å². The number of nitrogens with zero attached hydrogens (tertiary/aromatic N) is 1. The fourth-order valence-electron chi connectivity index (χ4n) is 3.16. The predicted octanol–water partition coefficient (Wildman–Crippen LogP) is 3.73. The van der Waals surface area contributed by atoms with E-state index in [9.17, 15) is 0 Å². The van der Waals surface area contributed by atoms with Crippen LogP contribution in [0.1, 0.15) is 44.4 Å². The Hall–Kier alpha value is -0.860. The fourth-order valence-corrected chi connectivity index (χ4v) is 3.16. The minimum absolute atomic E-state index is 0.428. The quantitative estimate of drug-likeness (QED) is 0.784. The van der Waals surface area contributed by atoms with Gasteiger partial charge in [0.15, 0.2) is 0 Å². The SMILES string of the molecule is CNC(CN(C)CC1CC1C)c1ccc(CC(C)C)cc1. The summed E-state index contributed by atoms with van der Waals surface area (Å²) in [4.78, 5) is 2.48. The third kappa shape index (κ3) is 5.12. The third-order valence-corrected chi connectivity index (χ3v) is 4.69. The molecule has 0 heterocycles. The molecule has 118 valence electrons. The van der Waals surface area contributed by atoms with E-state index in [2.05, 4.69) is 69.3 Å². The normalized spacial score (nSPS) is 22.8. The summed E-state index contributed by atoms with van der Waals surface area (Å²) in [6.45, 7) is 9.24. The zero-order valence-electron chi connectivity index (χ0n) is 14.4. The maximum atomic E-state index is 3.47. The summed E-state index contributed by atoms with van der Waals surface area (Å²) >= 11 is 0. The summed E-state index contributed by atoms with van der Waals surface area (Å²) in [6.07, 6.45) is 2.59. The Morgan fingerprint density at radius 2 is 1.86 bits per heavy atom. The van der Waals surface area contributed by atoms with Crippen LogP contribution in [-0.4, -0.2) is 32.1 Å². The Morgan fingerprint density at radius 1 is 1.24 bits per heavy atom. The van der Waals surface area contributed by atoms with Crippen molar-refractivity contribution in [3.63, 3.8) is 0 Å². The van der Waals surface area contributed by atoms with Crippen LogP contribution in [0.15, 0.2) is 24.3 Å². The number of rotatable bonds is 8. The summed E-state index contributed by atoms with van der Waals surface area (Å²) < 4.78 is 0. The highest BCUT2D eigenvalue weighted by Crippen LogP contribution is 2.38. The maximum absolute atomic E-state index is 3.47. The molecule has 3 atom stereocenters. The van der Waals surface area contributed by atoms with Crippen molar-refractivity contribution in [2.45, 2.75) is 39.7 Å². The molecule has 1 fully saturated rings. The van der Waals surface area contributed by atoms with Gasteiger partial charge in [0.1, 0.15) is 0 Å². The second kappa shape index (κ2) is 7.42. The first-order chi connectivity index (χ1) is 9.99. The first-order valence-corrected chi connectivity index (χ1v) is 8.44. The summed E-state index contributed by atoms with van der Waals surface area (Å²) in [5.74, 6) is 2.60. The predicted molar refractivity (Wildman–Crippen MR) is 91.6 cm³/mol. The van der Waals surface area contributed by atoms with Gasteiger partial charge in [-0.05, 0) is 55.8 Å². The van der Waals surface area contributed by atoms with Crippen LogP contribution >= 0.6 is 0 Å². The van der Waals surface area contributed by atoms with Crippen LogP contribution in [0.3, 0.4) is 0 Å². The molecule has 0 radical (unpaired) electrons. The van der Waals surface area contributed by atoms with Crippen molar-refractivity contribution >= 4 is 0 Å². The minimum atomic E-state index is 0.428. The van der Waals surface area contributed by atoms with Gasteiger partial charge in [-0.1, -0.05) is 45.0 Å². The molecular formula is C19H32N2. The van der Waals surface area contributed by atoms with Crippen LogP contribution in [-0.2, 0) is 6.42 Å². The molecule has 1 aromatic carbocycles. The van der Waals surface area contributed by atoms with E-state index < -0.39 is 0 Å². The van der Waals surface area contributed by atoms with E-state index in [0.717, 1.165) is 24.3 Å². The molecule has 0 bridgehead atoms. The van der Waals surface area contributed by atoms with Gasteiger partial charge < -0.3 is 10.2 Å². The number of hydrogen-bond donors (Lipinski definition) is 1. The molecule has 1 aliphatic rings. The lowest BCUT2D eigenvalue weighted by molar-refractivity contribution is 0.282. The van der Waals surface area contributed by atoms with Crippen molar-refractivity contribution < 1.29 is 0 Å². The highest BCUT2D eigenvalue weighted by Gasteiger charge is 2.33. The third-order valence-electron chi connectivity index (χ3n) is 4.69. The Bertz CT molecular complexity index is 424. The smallest absolute Gasteiger partial charge is 0.0446 e. The molecule has 0 aromatic heterocycles. The first-order valence-electron chi connectivity index (χ1n) is 8.44. The van der Waals surface area contributed by atoms with Crippen molar-refractivity contribution in [1.29, 1.82) is 0 Å². The van der Waals surface area contributed by atoms with Gasteiger partial charge in [-0.3, -0.25) is 0 Å². The van der Waals surface area contributed by atoms with Crippen molar-refractivity contribution in [2.75, 3.05) is 27.2 Å². The average molecular weight is 288 g/mol. The number of nitrogens with one attached hydrogen (secondary N) is 1. The second-order valence-electron chi connectivity index (χ2n) is 7.38. The zero-order chi connectivity index (χ0) is 15.4. The Morgan fingerprint density at radius 3 is 2.33 bits per heavy atom. The average Bonchev–Trinajstić information content (AvgIpc) is 3.11. The molecule has 0 saturated heterocycles. The molecule has 21 heavy (non-hydrogen) atoms. The number of hydrogen-bond acceptors (Lipinski definition) is 2. The largest absolute Gasteiger partial charge is 0.312 e. The molecule has 1 aliphatic carbocycles. The van der Waals surface area contributed by atoms with Crippen LogP contribution in [0.2, 0.25) is 0 Å². The van der Waals surface area contributed by atoms with Crippen LogP contribution < -0.4 is 5.32 Å². The highest BCUT2D eigenvalue weighted by atomic mass is 15.1. The van der Waals surface area contributed by atoms with Crippen molar-refractivity contribution in [2.24, 2.45) is 17.8 Å². The summed E-state index contributed by atoms with van der Waals surface area (Å²) in [5, 5.41) is 3.47. The van der Waals surface area contributed by atoms with Crippen molar-refractivity contribution in [3.8, 4) is 0 Å². The molecule has 3 unspecified atom stereocenters. The van der Waals surface area contributed by atoms with Crippen molar-refractivity contribution in [1.82, 2.24) is 10.2 Å². The molecule has 0 amide bonds. The topological polar surface area (TPSA) is 15.3 Å². The molecule has 2 nitrogen and oxygen atoms in total. The second-order valence-corrected chi connectivity index (χ2v) is 7.38. The van der Waals surface area contributed by atoms with E-state index in [4.69, 9.17) is 0 Å². The zero-order valence-corrected chi connectivity index (χ0v) is 14.4. The van der Waals surface area contributed by atoms with Gasteiger partial charge in [0.05, 0.1) is 0 Å². The fraction of sp³-hybridized carbons (Fsp3) is 0.684. The van der Waals surface area contributed by atoms with Gasteiger partial charge in [-0.25, -0.2) is 0 Å². The van der Waals surface area contributed by atoms with E-state index in [0.29, 0.717) is 6.04 Å². The standard InChI is InChI=1S/C19H32N2/c1-14(2)10-16-6-8-17(9-7-16)19(20-4)13-21(5)12-18-11-15(18)3/h6-9,14-15,18-20H,10-13H2,1-5H3. The summed E-state index contributed by atoms with van der Waals surface area (Å²) in [6, 6.07) is 9.61. The summed E-state index contributed by atoms with van der Waals surface area (Å²) in [5.41, 5.74) is 2.85. The Labute approximate surface area is 130 Å².